The average Bonchev–Trinajstić information content (AvgIpc) is 2.37. The molecule has 0 spiro atoms. The summed E-state index contributed by atoms with van der Waals surface area (Å²) < 4.78 is 0. The zero-order valence-electron chi connectivity index (χ0n) is 12.2. The van der Waals surface area contributed by atoms with E-state index >= 15 is 0 Å². The second-order valence-electron chi connectivity index (χ2n) is 6.04. The third-order valence-electron chi connectivity index (χ3n) is 3.94. The topological polar surface area (TPSA) is 15.3 Å². The molecule has 1 fully saturated rings. The lowest BCUT2D eigenvalue weighted by Crippen LogP contribution is -2.46. The average molecular weight is 281 g/mol. The quantitative estimate of drug-likeness (QED) is 0.904. The zero-order valence-corrected chi connectivity index (χ0v) is 13.0. The Morgan fingerprint density at radius 3 is 2.53 bits per heavy atom. The lowest BCUT2D eigenvalue weighted by molar-refractivity contribution is 0.206. The maximum Gasteiger partial charge on any atom is 0.0406 e. The van der Waals surface area contributed by atoms with Crippen LogP contribution >= 0.6 is 11.6 Å². The van der Waals surface area contributed by atoms with Gasteiger partial charge in [-0.3, -0.25) is 0 Å². The number of piperidine rings is 1. The van der Waals surface area contributed by atoms with Crippen LogP contribution in [-0.4, -0.2) is 31.1 Å². The van der Waals surface area contributed by atoms with Gasteiger partial charge in [0.1, 0.15) is 0 Å². The lowest BCUT2D eigenvalue weighted by atomic mass is 9.94. The molecule has 1 saturated heterocycles. The summed E-state index contributed by atoms with van der Waals surface area (Å²) in [5, 5.41) is 4.65. The molecule has 2 unspecified atom stereocenters. The number of likely N-dealkylation sites (tertiary alicyclic amines) is 1. The second-order valence-corrected chi connectivity index (χ2v) is 6.48. The summed E-state index contributed by atoms with van der Waals surface area (Å²) in [6, 6.07) is 9.27. The molecule has 1 aliphatic rings. The van der Waals surface area contributed by atoms with Gasteiger partial charge in [0.25, 0.3) is 0 Å². The summed E-state index contributed by atoms with van der Waals surface area (Å²) in [5.41, 5.74) is 1.34. The van der Waals surface area contributed by atoms with Gasteiger partial charge in [0, 0.05) is 23.7 Å². The maximum atomic E-state index is 5.98. The van der Waals surface area contributed by atoms with Crippen molar-refractivity contribution in [3.63, 3.8) is 0 Å². The molecule has 1 heterocycles. The van der Waals surface area contributed by atoms with E-state index < -0.39 is 0 Å². The van der Waals surface area contributed by atoms with Crippen LogP contribution in [0.5, 0.6) is 0 Å². The highest BCUT2D eigenvalue weighted by molar-refractivity contribution is 6.30. The van der Waals surface area contributed by atoms with Gasteiger partial charge >= 0.3 is 0 Å². The number of nitrogens with zero attached hydrogens (tertiary/aromatic N) is 1. The molecule has 1 aliphatic heterocycles. The van der Waals surface area contributed by atoms with Crippen LogP contribution in [0, 0.1) is 5.92 Å². The number of hydrogen-bond acceptors (Lipinski definition) is 2. The molecular formula is C16H25ClN2. The second kappa shape index (κ2) is 6.74. The van der Waals surface area contributed by atoms with E-state index in [1.165, 1.54) is 24.9 Å². The van der Waals surface area contributed by atoms with Gasteiger partial charge in [-0.2, -0.15) is 0 Å². The lowest BCUT2D eigenvalue weighted by Gasteiger charge is -2.35. The number of rotatable bonds is 4. The molecular weight excluding hydrogens is 256 g/mol. The maximum absolute atomic E-state index is 5.98. The smallest absolute Gasteiger partial charge is 0.0406 e. The van der Waals surface area contributed by atoms with Crippen molar-refractivity contribution >= 4 is 11.6 Å². The van der Waals surface area contributed by atoms with Crippen LogP contribution < -0.4 is 5.32 Å². The van der Waals surface area contributed by atoms with Gasteiger partial charge in [-0.15, -0.1) is 0 Å². The summed E-state index contributed by atoms with van der Waals surface area (Å²) in [6.45, 7) is 6.93. The van der Waals surface area contributed by atoms with E-state index in [0.29, 0.717) is 18.0 Å². The molecule has 0 saturated carbocycles. The SMILES string of the molecule is CC(C)C(NC1CCCN(C)C1)c1ccc(Cl)cc1. The summed E-state index contributed by atoms with van der Waals surface area (Å²) in [5.74, 6) is 0.577. The number of nitrogens with one attached hydrogen (secondary N) is 1. The fourth-order valence-electron chi connectivity index (χ4n) is 2.90. The molecule has 0 bridgehead atoms. The monoisotopic (exact) mass is 280 g/mol. The normalized spacial score (nSPS) is 22.7. The van der Waals surface area contributed by atoms with Crippen LogP contribution in [-0.2, 0) is 0 Å². The Labute approximate surface area is 122 Å². The van der Waals surface area contributed by atoms with Crippen molar-refractivity contribution in [3.05, 3.63) is 34.9 Å². The van der Waals surface area contributed by atoms with E-state index in [2.05, 4.69) is 43.2 Å². The molecule has 0 aliphatic carbocycles. The Balaban J connectivity index is 2.05. The first-order chi connectivity index (χ1) is 9.06. The number of likely N-dealkylation sites (N-methyl/N-ethyl adjacent to an activating group) is 1. The first kappa shape index (κ1) is 14.8. The molecule has 0 radical (unpaired) electrons. The Bertz CT molecular complexity index is 388. The van der Waals surface area contributed by atoms with Crippen molar-refractivity contribution in [2.45, 2.75) is 38.8 Å². The molecule has 2 atom stereocenters. The van der Waals surface area contributed by atoms with Crippen LogP contribution in [0.1, 0.15) is 38.3 Å². The minimum absolute atomic E-state index is 0.411. The molecule has 3 heteroatoms. The van der Waals surface area contributed by atoms with Gasteiger partial charge in [-0.25, -0.2) is 0 Å². The number of benzene rings is 1. The Morgan fingerprint density at radius 1 is 1.26 bits per heavy atom. The predicted octanol–water partition coefficient (Wildman–Crippen LogP) is 3.72. The van der Waals surface area contributed by atoms with E-state index in [1.54, 1.807) is 0 Å². The van der Waals surface area contributed by atoms with Crippen LogP contribution in [0.3, 0.4) is 0 Å². The van der Waals surface area contributed by atoms with Crippen molar-refractivity contribution in [1.82, 2.24) is 10.2 Å². The molecule has 0 aromatic heterocycles. The van der Waals surface area contributed by atoms with E-state index in [1.807, 2.05) is 12.1 Å². The molecule has 1 aromatic rings. The van der Waals surface area contributed by atoms with Gasteiger partial charge in [-0.05, 0) is 50.0 Å². The Kier molecular flexibility index (Phi) is 5.26. The largest absolute Gasteiger partial charge is 0.306 e. The highest BCUT2D eigenvalue weighted by atomic mass is 35.5. The van der Waals surface area contributed by atoms with Gasteiger partial charge < -0.3 is 10.2 Å². The van der Waals surface area contributed by atoms with E-state index in [-0.39, 0.29) is 0 Å². The van der Waals surface area contributed by atoms with Crippen molar-refractivity contribution in [3.8, 4) is 0 Å². The Morgan fingerprint density at radius 2 is 1.95 bits per heavy atom. The molecule has 2 rings (SSSR count). The van der Waals surface area contributed by atoms with E-state index in [4.69, 9.17) is 11.6 Å². The van der Waals surface area contributed by atoms with Crippen molar-refractivity contribution in [2.75, 3.05) is 20.1 Å². The van der Waals surface area contributed by atoms with Crippen molar-refractivity contribution in [1.29, 1.82) is 0 Å². The highest BCUT2D eigenvalue weighted by Gasteiger charge is 2.23. The van der Waals surface area contributed by atoms with Crippen LogP contribution in [0.15, 0.2) is 24.3 Å². The molecule has 2 nitrogen and oxygen atoms in total. The number of hydrogen-bond donors (Lipinski definition) is 1. The van der Waals surface area contributed by atoms with Crippen LogP contribution in [0.2, 0.25) is 5.02 Å². The summed E-state index contributed by atoms with van der Waals surface area (Å²) in [4.78, 5) is 2.42. The standard InChI is InChI=1S/C16H25ClN2/c1-12(2)16(13-6-8-14(17)9-7-13)18-15-5-4-10-19(3)11-15/h6-9,12,15-16,18H,4-5,10-11H2,1-3H3. The fourth-order valence-corrected chi connectivity index (χ4v) is 3.03. The third kappa shape index (κ3) is 4.20. The van der Waals surface area contributed by atoms with Crippen molar-refractivity contribution in [2.24, 2.45) is 5.92 Å². The van der Waals surface area contributed by atoms with E-state index in [9.17, 15) is 0 Å². The van der Waals surface area contributed by atoms with Gasteiger partial charge in [0.05, 0.1) is 0 Å². The molecule has 1 N–H and O–H groups in total. The minimum atomic E-state index is 0.411. The fraction of sp³-hybridized carbons (Fsp3) is 0.625. The molecule has 1 aromatic carbocycles. The van der Waals surface area contributed by atoms with Crippen molar-refractivity contribution < 1.29 is 0 Å². The van der Waals surface area contributed by atoms with Crippen LogP contribution in [0.25, 0.3) is 0 Å². The minimum Gasteiger partial charge on any atom is -0.306 e. The first-order valence-electron chi connectivity index (χ1n) is 7.26. The number of halogens is 1. The Hall–Kier alpha value is -0.570. The van der Waals surface area contributed by atoms with E-state index in [0.717, 1.165) is 11.6 Å². The predicted molar refractivity (Wildman–Crippen MR) is 82.7 cm³/mol. The van der Waals surface area contributed by atoms with Gasteiger partial charge in [0.2, 0.25) is 0 Å². The van der Waals surface area contributed by atoms with Gasteiger partial charge in [-0.1, -0.05) is 37.6 Å². The summed E-state index contributed by atoms with van der Waals surface area (Å²) in [7, 11) is 2.21. The molecule has 106 valence electrons. The third-order valence-corrected chi connectivity index (χ3v) is 4.19. The summed E-state index contributed by atoms with van der Waals surface area (Å²) in [6.07, 6.45) is 2.57. The highest BCUT2D eigenvalue weighted by Crippen LogP contribution is 2.25. The summed E-state index contributed by atoms with van der Waals surface area (Å²) >= 11 is 5.98. The first-order valence-corrected chi connectivity index (χ1v) is 7.64. The molecule has 0 amide bonds. The zero-order chi connectivity index (χ0) is 13.8. The van der Waals surface area contributed by atoms with Gasteiger partial charge in [0.15, 0.2) is 0 Å². The molecule has 19 heavy (non-hydrogen) atoms. The van der Waals surface area contributed by atoms with Crippen LogP contribution in [0.4, 0.5) is 0 Å².